The first-order valence-corrected chi connectivity index (χ1v) is 6.25. The zero-order chi connectivity index (χ0) is 14.9. The average Bonchev–Trinajstić information content (AvgIpc) is 2.65. The van der Waals surface area contributed by atoms with Crippen LogP contribution in [0.5, 0.6) is 0 Å². The molecule has 0 fully saturated rings. The molecule has 4 nitrogen and oxygen atoms in total. The summed E-state index contributed by atoms with van der Waals surface area (Å²) in [4.78, 5) is 15.8. The number of halogens is 4. The van der Waals surface area contributed by atoms with E-state index in [4.69, 9.17) is 4.42 Å². The van der Waals surface area contributed by atoms with Crippen LogP contribution in [0.2, 0.25) is 0 Å². The SMILES string of the molecule is Cc1c(C(=O)NOCC(F)(F)F)oc2ccc(Br)cc12. The maximum absolute atomic E-state index is 11.9. The molecule has 0 aliphatic carbocycles. The van der Waals surface area contributed by atoms with E-state index in [1.54, 1.807) is 30.6 Å². The van der Waals surface area contributed by atoms with Crippen molar-refractivity contribution in [1.82, 2.24) is 5.48 Å². The average molecular weight is 352 g/mol. The molecule has 0 spiro atoms. The number of carbonyl (C=O) groups excluding carboxylic acids is 1. The van der Waals surface area contributed by atoms with Gasteiger partial charge in [-0.25, -0.2) is 5.48 Å². The summed E-state index contributed by atoms with van der Waals surface area (Å²) in [6.45, 7) is 0.0699. The van der Waals surface area contributed by atoms with Crippen LogP contribution in [0.4, 0.5) is 13.2 Å². The minimum Gasteiger partial charge on any atom is -0.451 e. The van der Waals surface area contributed by atoms with Crippen LogP contribution in [0, 0.1) is 6.92 Å². The minimum atomic E-state index is -4.51. The van der Waals surface area contributed by atoms with Gasteiger partial charge in [0.15, 0.2) is 12.4 Å². The highest BCUT2D eigenvalue weighted by atomic mass is 79.9. The molecule has 1 N–H and O–H groups in total. The second-order valence-corrected chi connectivity index (χ2v) is 4.95. The van der Waals surface area contributed by atoms with Crippen LogP contribution in [0.1, 0.15) is 16.1 Å². The van der Waals surface area contributed by atoms with Crippen molar-refractivity contribution in [3.05, 3.63) is 34.0 Å². The van der Waals surface area contributed by atoms with E-state index in [1.165, 1.54) is 0 Å². The lowest BCUT2D eigenvalue weighted by atomic mass is 10.1. The van der Waals surface area contributed by atoms with Gasteiger partial charge >= 0.3 is 12.1 Å². The van der Waals surface area contributed by atoms with Crippen LogP contribution in [-0.2, 0) is 4.84 Å². The lowest BCUT2D eigenvalue weighted by molar-refractivity contribution is -0.184. The van der Waals surface area contributed by atoms with Crippen LogP contribution in [0.25, 0.3) is 11.0 Å². The Morgan fingerprint density at radius 2 is 2.15 bits per heavy atom. The molecule has 20 heavy (non-hydrogen) atoms. The van der Waals surface area contributed by atoms with E-state index in [0.717, 1.165) is 4.47 Å². The van der Waals surface area contributed by atoms with Crippen LogP contribution in [-0.4, -0.2) is 18.7 Å². The highest BCUT2D eigenvalue weighted by Crippen LogP contribution is 2.28. The first-order valence-electron chi connectivity index (χ1n) is 5.45. The lowest BCUT2D eigenvalue weighted by Gasteiger charge is -2.07. The molecule has 1 aromatic carbocycles. The Morgan fingerprint density at radius 3 is 2.80 bits per heavy atom. The molecule has 0 bridgehead atoms. The third-order valence-electron chi connectivity index (χ3n) is 2.51. The predicted octanol–water partition coefficient (Wildman–Crippen LogP) is 3.73. The third kappa shape index (κ3) is 3.31. The number of hydrogen-bond donors (Lipinski definition) is 1. The van der Waals surface area contributed by atoms with Gasteiger partial charge in [-0.15, -0.1) is 0 Å². The van der Waals surface area contributed by atoms with E-state index >= 15 is 0 Å². The standard InChI is InChI=1S/C12H9BrF3NO3/c1-6-8-4-7(13)2-3-9(8)20-10(6)11(18)17-19-5-12(14,15)16/h2-4H,5H2,1H3,(H,17,18). The summed E-state index contributed by atoms with van der Waals surface area (Å²) in [5, 5.41) is 0.695. The van der Waals surface area contributed by atoms with Gasteiger partial charge in [-0.2, -0.15) is 13.2 Å². The predicted molar refractivity (Wildman–Crippen MR) is 68.1 cm³/mol. The van der Waals surface area contributed by atoms with Crippen molar-refractivity contribution in [1.29, 1.82) is 0 Å². The number of amides is 1. The summed E-state index contributed by atoms with van der Waals surface area (Å²) in [5.41, 5.74) is 2.69. The normalized spacial score (nSPS) is 11.8. The number of fused-ring (bicyclic) bond motifs is 1. The molecule has 1 amide bonds. The van der Waals surface area contributed by atoms with Gasteiger partial charge in [-0.1, -0.05) is 15.9 Å². The number of hydroxylamine groups is 1. The molecule has 0 aliphatic rings. The maximum Gasteiger partial charge on any atom is 0.414 e. The van der Waals surface area contributed by atoms with E-state index in [-0.39, 0.29) is 5.76 Å². The fourth-order valence-electron chi connectivity index (χ4n) is 1.64. The molecule has 1 heterocycles. The molecule has 2 aromatic rings. The lowest BCUT2D eigenvalue weighted by Crippen LogP contribution is -2.29. The number of benzene rings is 1. The van der Waals surface area contributed by atoms with Gasteiger partial charge in [0.25, 0.3) is 0 Å². The van der Waals surface area contributed by atoms with E-state index in [9.17, 15) is 18.0 Å². The van der Waals surface area contributed by atoms with E-state index < -0.39 is 18.7 Å². The number of alkyl halides is 3. The van der Waals surface area contributed by atoms with Crippen molar-refractivity contribution < 1.29 is 27.2 Å². The van der Waals surface area contributed by atoms with E-state index in [2.05, 4.69) is 20.8 Å². The van der Waals surface area contributed by atoms with Crippen molar-refractivity contribution >= 4 is 32.8 Å². The molecule has 0 saturated carbocycles. The fraction of sp³-hybridized carbons (Fsp3) is 0.250. The molecule has 2 rings (SSSR count). The van der Waals surface area contributed by atoms with Gasteiger partial charge < -0.3 is 4.42 Å². The van der Waals surface area contributed by atoms with Gasteiger partial charge in [0.2, 0.25) is 0 Å². The van der Waals surface area contributed by atoms with Crippen LogP contribution in [0.15, 0.2) is 27.1 Å². The smallest absolute Gasteiger partial charge is 0.414 e. The van der Waals surface area contributed by atoms with Gasteiger partial charge in [0, 0.05) is 15.4 Å². The van der Waals surface area contributed by atoms with Gasteiger partial charge in [0.05, 0.1) is 0 Å². The molecule has 0 atom stereocenters. The topological polar surface area (TPSA) is 51.5 Å². The molecule has 108 valence electrons. The molecule has 1 aromatic heterocycles. The molecule has 0 unspecified atom stereocenters. The Balaban J connectivity index is 2.16. The number of furan rings is 1. The highest BCUT2D eigenvalue weighted by molar-refractivity contribution is 9.10. The van der Waals surface area contributed by atoms with E-state index in [1.807, 2.05) is 0 Å². The maximum atomic E-state index is 11.9. The summed E-state index contributed by atoms with van der Waals surface area (Å²) >= 11 is 3.28. The zero-order valence-corrected chi connectivity index (χ0v) is 11.8. The van der Waals surface area contributed by atoms with Gasteiger partial charge in [0.1, 0.15) is 5.58 Å². The van der Waals surface area contributed by atoms with Crippen molar-refractivity contribution in [2.75, 3.05) is 6.61 Å². The molecule has 8 heteroatoms. The number of aryl methyl sites for hydroxylation is 1. The number of rotatable bonds is 3. The molecular formula is C12H9BrF3NO3. The van der Waals surface area contributed by atoms with E-state index in [0.29, 0.717) is 16.5 Å². The quantitative estimate of drug-likeness (QED) is 0.857. The summed E-state index contributed by atoms with van der Waals surface area (Å²) < 4.78 is 41.8. The Bertz CT molecular complexity index is 651. The third-order valence-corrected chi connectivity index (χ3v) is 3.00. The van der Waals surface area contributed by atoms with Gasteiger partial charge in [-0.05, 0) is 25.1 Å². The summed E-state index contributed by atoms with van der Waals surface area (Å²) in [7, 11) is 0. The molecule has 0 radical (unpaired) electrons. The molecule has 0 aliphatic heterocycles. The number of carbonyl (C=O) groups is 1. The second-order valence-electron chi connectivity index (χ2n) is 4.03. The van der Waals surface area contributed by atoms with Crippen molar-refractivity contribution in [2.45, 2.75) is 13.1 Å². The fourth-order valence-corrected chi connectivity index (χ4v) is 2.00. The minimum absolute atomic E-state index is 0.0831. The van der Waals surface area contributed by atoms with Crippen LogP contribution in [0.3, 0.4) is 0 Å². The number of hydrogen-bond acceptors (Lipinski definition) is 3. The summed E-state index contributed by atoms with van der Waals surface area (Å²) in [6.07, 6.45) is -4.51. The summed E-state index contributed by atoms with van der Waals surface area (Å²) in [6, 6.07) is 5.13. The van der Waals surface area contributed by atoms with Crippen molar-refractivity contribution in [2.24, 2.45) is 0 Å². The largest absolute Gasteiger partial charge is 0.451 e. The van der Waals surface area contributed by atoms with Crippen molar-refractivity contribution in [3.63, 3.8) is 0 Å². The first-order chi connectivity index (χ1) is 9.28. The monoisotopic (exact) mass is 351 g/mol. The Morgan fingerprint density at radius 1 is 1.45 bits per heavy atom. The highest BCUT2D eigenvalue weighted by Gasteiger charge is 2.28. The first kappa shape index (κ1) is 14.9. The summed E-state index contributed by atoms with van der Waals surface area (Å²) in [5.74, 6) is -0.945. The Labute approximate surface area is 120 Å². The Hall–Kier alpha value is -1.54. The Kier molecular flexibility index (Phi) is 4.05. The van der Waals surface area contributed by atoms with Crippen LogP contribution >= 0.6 is 15.9 Å². The second kappa shape index (κ2) is 5.45. The molecule has 0 saturated heterocycles. The zero-order valence-electron chi connectivity index (χ0n) is 10.2. The number of nitrogens with one attached hydrogen (secondary N) is 1. The van der Waals surface area contributed by atoms with Gasteiger partial charge in [-0.3, -0.25) is 9.63 Å². The van der Waals surface area contributed by atoms with Crippen LogP contribution < -0.4 is 5.48 Å². The van der Waals surface area contributed by atoms with Crippen molar-refractivity contribution in [3.8, 4) is 0 Å². The molecular weight excluding hydrogens is 343 g/mol.